The van der Waals surface area contributed by atoms with E-state index in [4.69, 9.17) is 16.3 Å². The van der Waals surface area contributed by atoms with Gasteiger partial charge in [-0.2, -0.15) is 0 Å². The molecular formula is C27H22ClN3O5. The molecule has 3 aromatic carbocycles. The van der Waals surface area contributed by atoms with E-state index in [-0.39, 0.29) is 27.9 Å². The molecule has 1 aliphatic heterocycles. The average molecular weight is 504 g/mol. The summed E-state index contributed by atoms with van der Waals surface area (Å²) < 4.78 is 4.71. The van der Waals surface area contributed by atoms with Gasteiger partial charge < -0.3 is 15.0 Å². The number of esters is 1. The molecular weight excluding hydrogens is 482 g/mol. The first kappa shape index (κ1) is 24.7. The largest absolute Gasteiger partial charge is 0.465 e. The minimum Gasteiger partial charge on any atom is -0.465 e. The van der Waals surface area contributed by atoms with Crippen LogP contribution in [0.25, 0.3) is 0 Å². The number of amides is 3. The second-order valence-corrected chi connectivity index (χ2v) is 8.15. The number of ether oxygens (including phenoxy) is 1. The standard InChI is InChI=1S/C27H22ClN3O5/c1-3-30(20-12-5-4-6-13-20)24(32)17-9-7-11-19(15-17)29-23-22(28)25(33)31(26(23)34)21-14-8-10-18(16-21)27(35)36-2/h4-16,29H,3H2,1-2H3. The zero-order valence-corrected chi connectivity index (χ0v) is 20.3. The maximum Gasteiger partial charge on any atom is 0.337 e. The number of hydrogen-bond acceptors (Lipinski definition) is 6. The summed E-state index contributed by atoms with van der Waals surface area (Å²) in [7, 11) is 1.24. The highest BCUT2D eigenvalue weighted by Gasteiger charge is 2.39. The van der Waals surface area contributed by atoms with Gasteiger partial charge in [-0.1, -0.05) is 41.9 Å². The summed E-state index contributed by atoms with van der Waals surface area (Å²) in [5.41, 5.74) is 1.78. The van der Waals surface area contributed by atoms with Gasteiger partial charge in [0.25, 0.3) is 17.7 Å². The monoisotopic (exact) mass is 503 g/mol. The minimum absolute atomic E-state index is 0.134. The third kappa shape index (κ3) is 4.71. The third-order valence-corrected chi connectivity index (χ3v) is 5.91. The summed E-state index contributed by atoms with van der Waals surface area (Å²) in [4.78, 5) is 53.5. The van der Waals surface area contributed by atoms with Gasteiger partial charge in [0.1, 0.15) is 10.7 Å². The second kappa shape index (κ2) is 10.5. The predicted molar refractivity (Wildman–Crippen MR) is 137 cm³/mol. The lowest BCUT2D eigenvalue weighted by molar-refractivity contribution is -0.120. The maximum atomic E-state index is 13.2. The smallest absolute Gasteiger partial charge is 0.337 e. The lowest BCUT2D eigenvalue weighted by Gasteiger charge is -2.21. The van der Waals surface area contributed by atoms with Gasteiger partial charge >= 0.3 is 5.97 Å². The van der Waals surface area contributed by atoms with E-state index in [2.05, 4.69) is 5.32 Å². The van der Waals surface area contributed by atoms with Crippen molar-refractivity contribution in [3.05, 3.63) is 101 Å². The van der Waals surface area contributed by atoms with Crippen LogP contribution in [0, 0.1) is 0 Å². The van der Waals surface area contributed by atoms with Crippen molar-refractivity contribution in [1.82, 2.24) is 0 Å². The molecule has 0 fully saturated rings. The lowest BCUT2D eigenvalue weighted by atomic mass is 10.1. The number of rotatable bonds is 7. The number of methoxy groups -OCH3 is 1. The van der Waals surface area contributed by atoms with E-state index in [9.17, 15) is 19.2 Å². The van der Waals surface area contributed by atoms with Crippen LogP contribution in [0.1, 0.15) is 27.6 Å². The van der Waals surface area contributed by atoms with E-state index >= 15 is 0 Å². The zero-order chi connectivity index (χ0) is 25.8. The molecule has 1 N–H and O–H groups in total. The van der Waals surface area contributed by atoms with E-state index in [1.165, 1.54) is 31.4 Å². The van der Waals surface area contributed by atoms with Gasteiger partial charge in [0.15, 0.2) is 0 Å². The molecule has 3 amide bonds. The molecule has 9 heteroatoms. The van der Waals surface area contributed by atoms with E-state index in [1.54, 1.807) is 29.2 Å². The Labute approximate surface area is 212 Å². The predicted octanol–water partition coefficient (Wildman–Crippen LogP) is 4.58. The molecule has 3 aromatic rings. The van der Waals surface area contributed by atoms with Gasteiger partial charge in [-0.25, -0.2) is 9.69 Å². The summed E-state index contributed by atoms with van der Waals surface area (Å²) in [6, 6.07) is 21.8. The number of nitrogens with zero attached hydrogens (tertiary/aromatic N) is 2. The van der Waals surface area contributed by atoms with Crippen LogP contribution in [0.3, 0.4) is 0 Å². The van der Waals surface area contributed by atoms with Crippen molar-refractivity contribution in [3.63, 3.8) is 0 Å². The van der Waals surface area contributed by atoms with Gasteiger partial charge in [0.05, 0.1) is 18.4 Å². The number of hydrogen-bond donors (Lipinski definition) is 1. The SMILES string of the molecule is CCN(C(=O)c1cccc(NC2=C(Cl)C(=O)N(c3cccc(C(=O)OC)c3)C2=O)c1)c1ccccc1. The van der Waals surface area contributed by atoms with Crippen LogP contribution >= 0.6 is 11.6 Å². The van der Waals surface area contributed by atoms with Gasteiger partial charge in [-0.05, 0) is 55.5 Å². The van der Waals surface area contributed by atoms with Crippen molar-refractivity contribution >= 4 is 52.4 Å². The molecule has 0 aromatic heterocycles. The van der Waals surface area contributed by atoms with E-state index < -0.39 is 17.8 Å². The fourth-order valence-corrected chi connectivity index (χ4v) is 4.03. The average Bonchev–Trinajstić information content (AvgIpc) is 3.12. The summed E-state index contributed by atoms with van der Waals surface area (Å²) in [6.07, 6.45) is 0. The van der Waals surface area contributed by atoms with Crippen molar-refractivity contribution in [3.8, 4) is 0 Å². The van der Waals surface area contributed by atoms with Crippen LogP contribution < -0.4 is 15.1 Å². The fraction of sp³-hybridized carbons (Fsp3) is 0.111. The Morgan fingerprint density at radius 1 is 0.917 bits per heavy atom. The zero-order valence-electron chi connectivity index (χ0n) is 19.5. The van der Waals surface area contributed by atoms with Crippen molar-refractivity contribution in [2.24, 2.45) is 0 Å². The highest BCUT2D eigenvalue weighted by Crippen LogP contribution is 2.31. The number of nitrogens with one attached hydrogen (secondary N) is 1. The first-order valence-electron chi connectivity index (χ1n) is 11.1. The summed E-state index contributed by atoms with van der Waals surface area (Å²) in [5.74, 6) is -2.25. The Morgan fingerprint density at radius 3 is 2.31 bits per heavy atom. The molecule has 0 radical (unpaired) electrons. The molecule has 1 aliphatic rings. The highest BCUT2D eigenvalue weighted by molar-refractivity contribution is 6.53. The number of carbonyl (C=O) groups excluding carboxylic acids is 4. The van der Waals surface area contributed by atoms with Gasteiger partial charge in [0.2, 0.25) is 0 Å². The quantitative estimate of drug-likeness (QED) is 0.374. The van der Waals surface area contributed by atoms with Crippen LogP contribution in [-0.2, 0) is 14.3 Å². The van der Waals surface area contributed by atoms with Crippen LogP contribution in [0.15, 0.2) is 89.6 Å². The molecule has 0 saturated carbocycles. The summed E-state index contributed by atoms with van der Waals surface area (Å²) in [5, 5.41) is 2.58. The number of carbonyl (C=O) groups is 4. The van der Waals surface area contributed by atoms with E-state index in [0.717, 1.165) is 10.6 Å². The Kier molecular flexibility index (Phi) is 7.17. The first-order chi connectivity index (χ1) is 17.3. The summed E-state index contributed by atoms with van der Waals surface area (Å²) >= 11 is 6.24. The number of imide groups is 1. The second-order valence-electron chi connectivity index (χ2n) is 7.77. The topological polar surface area (TPSA) is 96.0 Å². The molecule has 0 bridgehead atoms. The third-order valence-electron chi connectivity index (χ3n) is 5.56. The Balaban J connectivity index is 1.58. The number of anilines is 3. The molecule has 1 heterocycles. The van der Waals surface area contributed by atoms with Crippen LogP contribution in [0.2, 0.25) is 0 Å². The van der Waals surface area contributed by atoms with Crippen LogP contribution in [-0.4, -0.2) is 37.3 Å². The van der Waals surface area contributed by atoms with Crippen molar-refractivity contribution in [1.29, 1.82) is 0 Å². The van der Waals surface area contributed by atoms with Gasteiger partial charge in [-0.3, -0.25) is 14.4 Å². The van der Waals surface area contributed by atoms with Crippen LogP contribution in [0.4, 0.5) is 17.1 Å². The molecule has 0 atom stereocenters. The lowest BCUT2D eigenvalue weighted by Crippen LogP contribution is -2.32. The fourth-order valence-electron chi connectivity index (χ4n) is 3.82. The first-order valence-corrected chi connectivity index (χ1v) is 11.4. The highest BCUT2D eigenvalue weighted by atomic mass is 35.5. The number of halogens is 1. The van der Waals surface area contributed by atoms with Gasteiger partial charge in [0, 0.05) is 23.5 Å². The normalized spacial score (nSPS) is 13.1. The van der Waals surface area contributed by atoms with Crippen molar-refractivity contribution < 1.29 is 23.9 Å². The van der Waals surface area contributed by atoms with Crippen molar-refractivity contribution in [2.75, 3.05) is 28.8 Å². The number of para-hydroxylation sites is 1. The summed E-state index contributed by atoms with van der Waals surface area (Å²) in [6.45, 7) is 2.34. The number of benzene rings is 3. The molecule has 0 unspecified atom stereocenters. The Hall–Kier alpha value is -4.43. The molecule has 0 spiro atoms. The van der Waals surface area contributed by atoms with Crippen LogP contribution in [0.5, 0.6) is 0 Å². The molecule has 0 aliphatic carbocycles. The molecule has 182 valence electrons. The van der Waals surface area contributed by atoms with Crippen molar-refractivity contribution in [2.45, 2.75) is 6.92 Å². The maximum absolute atomic E-state index is 13.2. The Morgan fingerprint density at radius 2 is 1.61 bits per heavy atom. The Bertz CT molecular complexity index is 1390. The molecule has 8 nitrogen and oxygen atoms in total. The molecule has 4 rings (SSSR count). The minimum atomic E-state index is -0.736. The van der Waals surface area contributed by atoms with E-state index in [1.807, 2.05) is 37.3 Å². The van der Waals surface area contributed by atoms with Gasteiger partial charge in [-0.15, -0.1) is 0 Å². The molecule has 0 saturated heterocycles. The molecule has 36 heavy (non-hydrogen) atoms. The van der Waals surface area contributed by atoms with E-state index in [0.29, 0.717) is 17.8 Å².